The van der Waals surface area contributed by atoms with Crippen molar-refractivity contribution >= 4 is 66.4 Å². The normalized spacial score (nSPS) is 14.6. The van der Waals surface area contributed by atoms with Gasteiger partial charge in [-0.15, -0.1) is 0 Å². The van der Waals surface area contributed by atoms with Gasteiger partial charge in [-0.1, -0.05) is 317 Å². The van der Waals surface area contributed by atoms with Gasteiger partial charge in [-0.05, 0) is 253 Å². The third kappa shape index (κ3) is 8.54. The molecule has 20 aromatic rings. The Morgan fingerprint density at radius 1 is 0.175 bits per heavy atom. The largest absolute Gasteiger partial charge is 0.345 e. The van der Waals surface area contributed by atoms with Crippen molar-refractivity contribution in [2.75, 3.05) is 23.9 Å². The van der Waals surface area contributed by atoms with Gasteiger partial charge < -0.3 is 18.9 Å². The lowest BCUT2D eigenvalue weighted by Gasteiger charge is -2.32. The molecule has 562 valence electrons. The van der Waals surface area contributed by atoms with Crippen LogP contribution in [-0.4, -0.2) is 23.2 Å². The van der Waals surface area contributed by atoms with Crippen molar-refractivity contribution in [1.29, 1.82) is 0 Å². The van der Waals surface area contributed by atoms with Crippen molar-refractivity contribution in [1.82, 2.24) is 9.13 Å². The van der Waals surface area contributed by atoms with E-state index in [1.165, 1.54) is 228 Å². The molecule has 0 aliphatic heterocycles. The minimum Gasteiger partial charge on any atom is -0.345 e. The van der Waals surface area contributed by atoms with Crippen LogP contribution in [0.4, 0.5) is 22.7 Å². The second kappa shape index (κ2) is 24.4. The van der Waals surface area contributed by atoms with E-state index in [4.69, 9.17) is 0 Å². The van der Waals surface area contributed by atoms with Crippen molar-refractivity contribution in [2.45, 2.75) is 35.5 Å². The molecule has 0 N–H and O–H groups in total. The van der Waals surface area contributed by atoms with Gasteiger partial charge >= 0.3 is 0 Å². The first-order chi connectivity index (χ1) is 59.1. The summed E-state index contributed by atoms with van der Waals surface area (Å²) in [6.45, 7) is 4.72. The standard InChI is InChI=1S/C63H40N2.C53H38N2/c1-64(39-30-33-47-46-20-6-11-25-54(46)62(57(47)36-39)52-23-9-2-16-42(52)43-17-3-10-24-53(43)62)40-31-34-48-49-35-32-41(65-60-28-14-7-21-50(60)51-22-8-15-29-61(51)65)38-59(49)63(58(48)37-40)55-26-12-4-18-44(55)45-19-5-13-27-56(45)63;1-52(2)44-19-9-4-14-36(44)39-27-24-33(30-47(39)52)54(3)34-25-28-40-41-29-26-35(55-50-22-12-7-17-42(50)43-18-8-13-23-51(43)55)32-49(41)53(48(40)31-34)45-20-10-5-15-37(45)38-16-6-11-21-46(38)53/h2-38H,1H3;4-32H,1-3H3. The van der Waals surface area contributed by atoms with E-state index in [0.29, 0.717) is 0 Å². The third-order valence-electron chi connectivity index (χ3n) is 28.9. The number of nitrogens with zero attached hydrogens (tertiary/aromatic N) is 4. The Kier molecular flexibility index (Phi) is 13.7. The monoisotopic (exact) mass is 1530 g/mol. The molecular formula is C116H78N4. The Hall–Kier alpha value is -14.8. The van der Waals surface area contributed by atoms with Crippen LogP contribution in [0, 0.1) is 0 Å². The Morgan fingerprint density at radius 2 is 0.367 bits per heavy atom. The van der Waals surface area contributed by atoms with Crippen LogP contribution in [-0.2, 0) is 21.7 Å². The van der Waals surface area contributed by atoms with Crippen LogP contribution in [0.5, 0.6) is 0 Å². The zero-order valence-electron chi connectivity index (χ0n) is 66.9. The number of rotatable bonds is 6. The van der Waals surface area contributed by atoms with E-state index in [0.717, 1.165) is 5.69 Å². The summed E-state index contributed by atoms with van der Waals surface area (Å²) in [7, 11) is 4.48. The van der Waals surface area contributed by atoms with Crippen molar-refractivity contribution in [3.05, 3.63) is 478 Å². The number of aromatic nitrogens is 2. The van der Waals surface area contributed by atoms with Gasteiger partial charge in [0.25, 0.3) is 0 Å². The first kappa shape index (κ1) is 67.3. The Labute approximate surface area is 697 Å². The molecule has 3 spiro atoms. The van der Waals surface area contributed by atoms with Crippen LogP contribution in [0.15, 0.2) is 400 Å². The molecule has 2 aromatic heterocycles. The highest BCUT2D eigenvalue weighted by Crippen LogP contribution is 2.68. The lowest BCUT2D eigenvalue weighted by molar-refractivity contribution is 0.660. The number of para-hydroxylation sites is 4. The van der Waals surface area contributed by atoms with E-state index in [1.54, 1.807) is 0 Å². The van der Waals surface area contributed by atoms with Crippen molar-refractivity contribution in [3.8, 4) is 89.3 Å². The molecule has 2 heterocycles. The van der Waals surface area contributed by atoms with E-state index in [9.17, 15) is 0 Å². The highest BCUT2D eigenvalue weighted by Gasteiger charge is 2.56. The Balaban J connectivity index is 0.000000132. The van der Waals surface area contributed by atoms with Gasteiger partial charge in [-0.3, -0.25) is 0 Å². The lowest BCUT2D eigenvalue weighted by Crippen LogP contribution is -2.27. The molecule has 0 amide bonds. The number of fused-ring (bicyclic) bond motifs is 39. The van der Waals surface area contributed by atoms with Crippen LogP contribution >= 0.6 is 0 Å². The van der Waals surface area contributed by atoms with E-state index in [-0.39, 0.29) is 5.41 Å². The van der Waals surface area contributed by atoms with Gasteiger partial charge in [0.1, 0.15) is 0 Å². The molecule has 7 aliphatic carbocycles. The Bertz CT molecular complexity index is 7650. The van der Waals surface area contributed by atoms with Gasteiger partial charge in [0.15, 0.2) is 0 Å². The quantitative estimate of drug-likeness (QED) is 0.165. The highest BCUT2D eigenvalue weighted by molar-refractivity contribution is 6.11. The molecule has 7 aliphatic rings. The van der Waals surface area contributed by atoms with E-state index >= 15 is 0 Å². The average molecular weight is 1530 g/mol. The summed E-state index contributed by atoms with van der Waals surface area (Å²) < 4.78 is 4.93. The maximum absolute atomic E-state index is 2.51. The predicted octanol–water partition coefficient (Wildman–Crippen LogP) is 28.4. The highest BCUT2D eigenvalue weighted by atomic mass is 15.1. The first-order valence-electron chi connectivity index (χ1n) is 42.2. The number of hydrogen-bond acceptors (Lipinski definition) is 2. The van der Waals surface area contributed by atoms with Gasteiger partial charge in [-0.25, -0.2) is 0 Å². The lowest BCUT2D eigenvalue weighted by atomic mass is 9.70. The van der Waals surface area contributed by atoms with Crippen molar-refractivity contribution in [2.24, 2.45) is 0 Å². The zero-order chi connectivity index (χ0) is 79.2. The van der Waals surface area contributed by atoms with Crippen LogP contribution in [0.2, 0.25) is 0 Å². The maximum Gasteiger partial charge on any atom is 0.0727 e. The molecule has 0 unspecified atom stereocenters. The minimum atomic E-state index is -0.510. The van der Waals surface area contributed by atoms with Crippen LogP contribution < -0.4 is 9.80 Å². The fourth-order valence-corrected chi connectivity index (χ4v) is 23.8. The number of benzene rings is 18. The maximum atomic E-state index is 2.51. The molecule has 0 radical (unpaired) electrons. The molecule has 27 rings (SSSR count). The molecular weight excluding hydrogens is 1450 g/mol. The fourth-order valence-electron chi connectivity index (χ4n) is 23.8. The van der Waals surface area contributed by atoms with E-state index < -0.39 is 16.2 Å². The van der Waals surface area contributed by atoms with Gasteiger partial charge in [0.2, 0.25) is 0 Å². The second-order valence-electron chi connectivity index (χ2n) is 34.5. The summed E-state index contributed by atoms with van der Waals surface area (Å²) in [4.78, 5) is 4.80. The van der Waals surface area contributed by atoms with Gasteiger partial charge in [0.05, 0.1) is 38.3 Å². The summed E-state index contributed by atoms with van der Waals surface area (Å²) in [5.41, 5.74) is 47.9. The summed E-state index contributed by atoms with van der Waals surface area (Å²) in [6, 6.07) is 151. The first-order valence-corrected chi connectivity index (χ1v) is 42.2. The smallest absolute Gasteiger partial charge is 0.0727 e. The van der Waals surface area contributed by atoms with Crippen molar-refractivity contribution < 1.29 is 0 Å². The third-order valence-corrected chi connectivity index (χ3v) is 28.9. The molecule has 4 nitrogen and oxygen atoms in total. The van der Waals surface area contributed by atoms with Crippen LogP contribution in [0.1, 0.15) is 91.7 Å². The van der Waals surface area contributed by atoms with E-state index in [1.807, 2.05) is 0 Å². The number of anilines is 4. The van der Waals surface area contributed by atoms with E-state index in [2.05, 4.69) is 447 Å². The molecule has 0 saturated carbocycles. The van der Waals surface area contributed by atoms with Crippen LogP contribution in [0.25, 0.3) is 133 Å². The fraction of sp³-hybridized carbons (Fsp3) is 0.0690. The second-order valence-corrected chi connectivity index (χ2v) is 34.5. The molecule has 0 bridgehead atoms. The predicted molar refractivity (Wildman–Crippen MR) is 497 cm³/mol. The Morgan fingerprint density at radius 3 is 0.650 bits per heavy atom. The van der Waals surface area contributed by atoms with Gasteiger partial charge in [-0.2, -0.15) is 0 Å². The average Bonchev–Trinajstić information content (AvgIpc) is 1.52. The SMILES string of the molecule is CN(c1ccc2c(c1)C(C)(C)c1ccccc1-2)c1ccc2c(c1)C1(c3ccccc3-c3ccccc31)c1cc(-n3c4ccccc4c4ccccc43)ccc1-2.CN(c1ccc2c(c1)C1(c3ccccc3-c3ccccc31)c1ccccc1-2)c1ccc2c(c1)C1(c3ccccc3-c3ccccc31)c1cc(-n3c4ccccc4c4ccccc43)ccc1-2. The van der Waals surface area contributed by atoms with Crippen LogP contribution in [0.3, 0.4) is 0 Å². The summed E-state index contributed by atoms with van der Waals surface area (Å²) in [5.74, 6) is 0. The topological polar surface area (TPSA) is 16.3 Å². The molecule has 4 heteroatoms. The molecule has 0 fully saturated rings. The zero-order valence-corrected chi connectivity index (χ0v) is 66.9. The summed E-state index contributed by atoms with van der Waals surface area (Å²) >= 11 is 0. The van der Waals surface area contributed by atoms with Gasteiger partial charge in [0, 0.05) is 75.2 Å². The molecule has 120 heavy (non-hydrogen) atoms. The summed E-state index contributed by atoms with van der Waals surface area (Å²) in [6.07, 6.45) is 0. The molecule has 0 saturated heterocycles. The number of hydrogen-bond donors (Lipinski definition) is 0. The molecule has 18 aromatic carbocycles. The van der Waals surface area contributed by atoms with Crippen molar-refractivity contribution in [3.63, 3.8) is 0 Å². The summed E-state index contributed by atoms with van der Waals surface area (Å²) in [5, 5.41) is 5.10. The minimum absolute atomic E-state index is 0.0578. The molecule has 0 atom stereocenters.